The third-order valence-electron chi connectivity index (χ3n) is 6.09. The van der Waals surface area contributed by atoms with Crippen LogP contribution in [0.3, 0.4) is 0 Å². The summed E-state index contributed by atoms with van der Waals surface area (Å²) >= 11 is 0. The van der Waals surface area contributed by atoms with Gasteiger partial charge in [0.2, 0.25) is 5.75 Å². The van der Waals surface area contributed by atoms with E-state index in [0.29, 0.717) is 46.4 Å². The number of aromatic nitrogens is 1. The lowest BCUT2D eigenvalue weighted by atomic mass is 10.0. The van der Waals surface area contributed by atoms with Gasteiger partial charge in [0.05, 0.1) is 45.8 Å². The molecular weight excluding hydrogens is 436 g/mol. The highest BCUT2D eigenvalue weighted by molar-refractivity contribution is 6.01. The Kier molecular flexibility index (Phi) is 7.37. The number of hydrogen-bond donors (Lipinski definition) is 1. The number of carbonyl (C=O) groups is 1. The van der Waals surface area contributed by atoms with Crippen LogP contribution < -0.4 is 19.5 Å². The number of nitrogens with one attached hydrogen (secondary N) is 1. The standard InChI is InChI=1S/C26H30N2O6/c1-16-23(24(34-28-16)18-13-21(30-2)25(32-4)22(14-18)31-3)26(29)27-19-11-8-12-20(19)33-15-17-9-6-5-7-10-17/h5-7,9-10,13-14,19-20H,8,11-12,15H2,1-4H3,(H,27,29)/t19-,20-/m0/s1. The second-order valence-corrected chi connectivity index (χ2v) is 8.23. The largest absolute Gasteiger partial charge is 0.493 e. The van der Waals surface area contributed by atoms with E-state index in [0.717, 1.165) is 24.8 Å². The molecule has 8 heteroatoms. The molecule has 4 rings (SSSR count). The van der Waals surface area contributed by atoms with Crippen LogP contribution >= 0.6 is 0 Å². The van der Waals surface area contributed by atoms with Gasteiger partial charge in [-0.25, -0.2) is 0 Å². The predicted octanol–water partition coefficient (Wildman–Crippen LogP) is 4.54. The lowest BCUT2D eigenvalue weighted by Gasteiger charge is -2.21. The smallest absolute Gasteiger partial charge is 0.257 e. The average Bonchev–Trinajstić information content (AvgIpc) is 3.48. The van der Waals surface area contributed by atoms with Crippen molar-refractivity contribution in [2.45, 2.75) is 44.9 Å². The van der Waals surface area contributed by atoms with E-state index in [9.17, 15) is 4.79 Å². The van der Waals surface area contributed by atoms with Crippen LogP contribution in [0, 0.1) is 6.92 Å². The maximum Gasteiger partial charge on any atom is 0.257 e. The molecule has 1 N–H and O–H groups in total. The van der Waals surface area contributed by atoms with Crippen LogP contribution in [0.2, 0.25) is 0 Å². The molecule has 180 valence electrons. The second-order valence-electron chi connectivity index (χ2n) is 8.23. The summed E-state index contributed by atoms with van der Waals surface area (Å²) in [7, 11) is 4.61. The first-order valence-corrected chi connectivity index (χ1v) is 11.3. The molecule has 1 saturated carbocycles. The fourth-order valence-electron chi connectivity index (χ4n) is 4.36. The summed E-state index contributed by atoms with van der Waals surface area (Å²) in [6, 6.07) is 13.4. The first-order valence-electron chi connectivity index (χ1n) is 11.3. The van der Waals surface area contributed by atoms with Crippen molar-refractivity contribution < 1.29 is 28.3 Å². The molecule has 8 nitrogen and oxygen atoms in total. The molecule has 0 radical (unpaired) electrons. The number of amides is 1. The van der Waals surface area contributed by atoms with E-state index in [4.69, 9.17) is 23.5 Å². The van der Waals surface area contributed by atoms with Gasteiger partial charge in [0, 0.05) is 5.56 Å². The van der Waals surface area contributed by atoms with Crippen molar-refractivity contribution in [3.63, 3.8) is 0 Å². The molecule has 1 fully saturated rings. The van der Waals surface area contributed by atoms with E-state index in [1.807, 2.05) is 30.3 Å². The molecule has 2 aromatic carbocycles. The molecule has 0 aliphatic heterocycles. The minimum Gasteiger partial charge on any atom is -0.493 e. The summed E-state index contributed by atoms with van der Waals surface area (Å²) in [5.41, 5.74) is 2.59. The van der Waals surface area contributed by atoms with Gasteiger partial charge in [0.15, 0.2) is 17.3 Å². The number of carbonyl (C=O) groups excluding carboxylic acids is 1. The van der Waals surface area contributed by atoms with Crippen LogP contribution in [-0.2, 0) is 11.3 Å². The van der Waals surface area contributed by atoms with Crippen LogP contribution in [-0.4, -0.2) is 44.5 Å². The van der Waals surface area contributed by atoms with Crippen molar-refractivity contribution in [2.24, 2.45) is 0 Å². The maximum absolute atomic E-state index is 13.4. The van der Waals surface area contributed by atoms with E-state index in [-0.39, 0.29) is 18.1 Å². The first-order chi connectivity index (χ1) is 16.5. The fourth-order valence-corrected chi connectivity index (χ4v) is 4.36. The van der Waals surface area contributed by atoms with Crippen molar-refractivity contribution >= 4 is 5.91 Å². The number of ether oxygens (including phenoxy) is 4. The van der Waals surface area contributed by atoms with Crippen molar-refractivity contribution in [1.82, 2.24) is 10.5 Å². The molecule has 2 atom stereocenters. The van der Waals surface area contributed by atoms with Gasteiger partial charge < -0.3 is 28.8 Å². The molecule has 1 heterocycles. The summed E-state index contributed by atoms with van der Waals surface area (Å²) in [4.78, 5) is 13.4. The molecule has 1 aliphatic rings. The third-order valence-corrected chi connectivity index (χ3v) is 6.09. The van der Waals surface area contributed by atoms with Crippen LogP contribution in [0.5, 0.6) is 17.2 Å². The quantitative estimate of drug-likeness (QED) is 0.495. The Morgan fingerprint density at radius 1 is 1.06 bits per heavy atom. The molecule has 0 spiro atoms. The minimum atomic E-state index is -0.247. The van der Waals surface area contributed by atoms with Gasteiger partial charge in [-0.15, -0.1) is 0 Å². The third kappa shape index (κ3) is 4.87. The molecular formula is C26H30N2O6. The molecule has 0 bridgehead atoms. The molecule has 0 unspecified atom stereocenters. The summed E-state index contributed by atoms with van der Waals surface area (Å²) in [5.74, 6) is 1.47. The zero-order valence-electron chi connectivity index (χ0n) is 19.9. The first kappa shape index (κ1) is 23.6. The van der Waals surface area contributed by atoms with E-state index in [2.05, 4.69) is 10.5 Å². The Balaban J connectivity index is 1.54. The maximum atomic E-state index is 13.4. The molecule has 0 saturated heterocycles. The predicted molar refractivity (Wildman–Crippen MR) is 126 cm³/mol. The summed E-state index contributed by atoms with van der Waals surface area (Å²) < 4.78 is 28.0. The normalized spacial score (nSPS) is 17.4. The van der Waals surface area contributed by atoms with E-state index in [1.165, 1.54) is 21.3 Å². The molecule has 1 amide bonds. The van der Waals surface area contributed by atoms with Crippen LogP contribution in [0.4, 0.5) is 0 Å². The van der Waals surface area contributed by atoms with Gasteiger partial charge in [-0.05, 0) is 43.9 Å². The van der Waals surface area contributed by atoms with Gasteiger partial charge in [-0.1, -0.05) is 35.5 Å². The Morgan fingerprint density at radius 2 is 1.76 bits per heavy atom. The zero-order valence-corrected chi connectivity index (χ0v) is 19.9. The zero-order chi connectivity index (χ0) is 24.1. The van der Waals surface area contributed by atoms with Gasteiger partial charge in [-0.3, -0.25) is 4.79 Å². The fraction of sp³-hybridized carbons (Fsp3) is 0.385. The Bertz CT molecular complexity index is 1100. The number of nitrogens with zero attached hydrogens (tertiary/aromatic N) is 1. The Morgan fingerprint density at radius 3 is 2.41 bits per heavy atom. The van der Waals surface area contributed by atoms with E-state index in [1.54, 1.807) is 19.1 Å². The van der Waals surface area contributed by atoms with E-state index >= 15 is 0 Å². The van der Waals surface area contributed by atoms with Gasteiger partial charge in [-0.2, -0.15) is 0 Å². The summed E-state index contributed by atoms with van der Waals surface area (Å²) in [6.07, 6.45) is 2.70. The number of benzene rings is 2. The van der Waals surface area contributed by atoms with Crippen LogP contribution in [0.25, 0.3) is 11.3 Å². The molecule has 3 aromatic rings. The van der Waals surface area contributed by atoms with Crippen molar-refractivity contribution in [3.8, 4) is 28.6 Å². The summed E-state index contributed by atoms with van der Waals surface area (Å²) in [5, 5.41) is 7.20. The van der Waals surface area contributed by atoms with Crippen molar-refractivity contribution in [3.05, 3.63) is 59.3 Å². The van der Waals surface area contributed by atoms with Crippen molar-refractivity contribution in [1.29, 1.82) is 0 Å². The molecule has 34 heavy (non-hydrogen) atoms. The van der Waals surface area contributed by atoms with Gasteiger partial charge in [0.25, 0.3) is 5.91 Å². The van der Waals surface area contributed by atoms with Gasteiger partial charge >= 0.3 is 0 Å². The lowest BCUT2D eigenvalue weighted by molar-refractivity contribution is 0.0272. The second kappa shape index (κ2) is 10.6. The van der Waals surface area contributed by atoms with Gasteiger partial charge in [0.1, 0.15) is 5.56 Å². The SMILES string of the molecule is COc1cc(-c2onc(C)c2C(=O)N[C@H]2CCC[C@@H]2OCc2ccccc2)cc(OC)c1OC. The Labute approximate surface area is 199 Å². The highest BCUT2D eigenvalue weighted by atomic mass is 16.5. The van der Waals surface area contributed by atoms with E-state index < -0.39 is 0 Å². The Hall–Kier alpha value is -3.52. The topological polar surface area (TPSA) is 92.1 Å². The number of rotatable bonds is 9. The van der Waals surface area contributed by atoms with Crippen LogP contribution in [0.1, 0.15) is 40.9 Å². The lowest BCUT2D eigenvalue weighted by Crippen LogP contribution is -2.41. The number of aryl methyl sites for hydroxylation is 1. The van der Waals surface area contributed by atoms with Crippen molar-refractivity contribution in [2.75, 3.05) is 21.3 Å². The highest BCUT2D eigenvalue weighted by Crippen LogP contribution is 2.42. The number of hydrogen-bond acceptors (Lipinski definition) is 7. The molecule has 1 aromatic heterocycles. The van der Waals surface area contributed by atoms with Crippen LogP contribution in [0.15, 0.2) is 47.0 Å². The monoisotopic (exact) mass is 466 g/mol. The average molecular weight is 467 g/mol. The minimum absolute atomic E-state index is 0.0473. The molecule has 1 aliphatic carbocycles. The summed E-state index contributed by atoms with van der Waals surface area (Å²) in [6.45, 7) is 2.26. The highest BCUT2D eigenvalue weighted by Gasteiger charge is 2.32. The number of methoxy groups -OCH3 is 3.